The number of aliphatic carboxylic acids is 1. The lowest BCUT2D eigenvalue weighted by atomic mass is 9.89. The number of amides is 1. The fourth-order valence-corrected chi connectivity index (χ4v) is 3.28. The Labute approximate surface area is 136 Å². The number of benzene rings is 1. The zero-order valence-corrected chi connectivity index (χ0v) is 13.7. The highest BCUT2D eigenvalue weighted by Crippen LogP contribution is 2.34. The summed E-state index contributed by atoms with van der Waals surface area (Å²) >= 11 is 5.89. The topological polar surface area (TPSA) is 57.6 Å². The molecule has 1 fully saturated rings. The van der Waals surface area contributed by atoms with Crippen molar-refractivity contribution in [3.05, 3.63) is 34.9 Å². The lowest BCUT2D eigenvalue weighted by molar-refractivity contribution is -0.142. The Morgan fingerprint density at radius 1 is 1.32 bits per heavy atom. The summed E-state index contributed by atoms with van der Waals surface area (Å²) in [5.74, 6) is -1.57. The van der Waals surface area contributed by atoms with Gasteiger partial charge in [0.25, 0.3) is 0 Å². The fourth-order valence-electron chi connectivity index (χ4n) is 3.15. The molecule has 0 aromatic heterocycles. The molecule has 0 saturated carbocycles. The van der Waals surface area contributed by atoms with E-state index in [1.165, 1.54) is 0 Å². The lowest BCUT2D eigenvalue weighted by Gasteiger charge is -2.20. The Kier molecular flexibility index (Phi) is 5.46. The summed E-state index contributed by atoms with van der Waals surface area (Å²) in [6, 6.07) is 7.23. The van der Waals surface area contributed by atoms with Crippen LogP contribution in [-0.2, 0) is 9.59 Å². The summed E-state index contributed by atoms with van der Waals surface area (Å²) in [5, 5.41) is 10.1. The van der Waals surface area contributed by atoms with Crippen molar-refractivity contribution in [2.24, 2.45) is 11.8 Å². The molecule has 0 bridgehead atoms. The van der Waals surface area contributed by atoms with Gasteiger partial charge in [0.05, 0.1) is 5.92 Å². The predicted molar refractivity (Wildman–Crippen MR) is 86.0 cm³/mol. The quantitative estimate of drug-likeness (QED) is 0.903. The van der Waals surface area contributed by atoms with Gasteiger partial charge in [0.2, 0.25) is 5.91 Å². The van der Waals surface area contributed by atoms with Crippen molar-refractivity contribution >= 4 is 23.5 Å². The van der Waals surface area contributed by atoms with Crippen LogP contribution in [0.2, 0.25) is 5.02 Å². The molecule has 0 spiro atoms. The Morgan fingerprint density at radius 2 is 1.95 bits per heavy atom. The summed E-state index contributed by atoms with van der Waals surface area (Å²) in [6.07, 6.45) is 1.78. The van der Waals surface area contributed by atoms with E-state index in [-0.39, 0.29) is 24.3 Å². The molecule has 1 amide bonds. The van der Waals surface area contributed by atoms with Crippen LogP contribution in [0.4, 0.5) is 0 Å². The molecule has 1 aromatic carbocycles. The molecule has 4 nitrogen and oxygen atoms in total. The number of carbonyl (C=O) groups excluding carboxylic acids is 1. The maximum Gasteiger partial charge on any atom is 0.308 e. The Balaban J connectivity index is 2.18. The number of hydrogen-bond donors (Lipinski definition) is 1. The molecule has 120 valence electrons. The van der Waals surface area contributed by atoms with E-state index in [1.54, 1.807) is 17.0 Å². The van der Waals surface area contributed by atoms with E-state index >= 15 is 0 Å². The van der Waals surface area contributed by atoms with E-state index in [0.717, 1.165) is 18.4 Å². The first-order chi connectivity index (χ1) is 10.4. The average molecular weight is 324 g/mol. The number of nitrogens with zero attached hydrogens (tertiary/aromatic N) is 1. The van der Waals surface area contributed by atoms with Crippen molar-refractivity contribution < 1.29 is 14.7 Å². The molecule has 1 aliphatic heterocycles. The molecule has 1 heterocycles. The number of halogens is 1. The van der Waals surface area contributed by atoms with Crippen molar-refractivity contribution in [3.8, 4) is 0 Å². The zero-order valence-electron chi connectivity index (χ0n) is 13.0. The standard InChI is InChI=1S/C17H22ClNO3/c1-3-4-11(2)16(20)19-9-14(15(10-19)17(21)22)12-5-7-13(18)8-6-12/h5-8,11,14-15H,3-4,9-10H2,1-2H3,(H,21,22)/t11?,14-,15+/m0/s1. The molecule has 0 aliphatic carbocycles. The molecule has 22 heavy (non-hydrogen) atoms. The van der Waals surface area contributed by atoms with Gasteiger partial charge in [0, 0.05) is 29.9 Å². The molecule has 2 rings (SSSR count). The SMILES string of the molecule is CCCC(C)C(=O)N1C[C@@H](C(=O)O)[C@H](c2ccc(Cl)cc2)C1. The van der Waals surface area contributed by atoms with E-state index in [2.05, 4.69) is 0 Å². The maximum absolute atomic E-state index is 12.4. The van der Waals surface area contributed by atoms with Gasteiger partial charge < -0.3 is 10.0 Å². The van der Waals surface area contributed by atoms with Crippen LogP contribution in [0.3, 0.4) is 0 Å². The summed E-state index contributed by atoms with van der Waals surface area (Å²) in [7, 11) is 0. The van der Waals surface area contributed by atoms with Gasteiger partial charge in [-0.15, -0.1) is 0 Å². The summed E-state index contributed by atoms with van der Waals surface area (Å²) in [6.45, 7) is 4.71. The zero-order chi connectivity index (χ0) is 16.3. The second kappa shape index (κ2) is 7.14. The van der Waals surface area contributed by atoms with Gasteiger partial charge in [-0.3, -0.25) is 9.59 Å². The molecule has 5 heteroatoms. The minimum Gasteiger partial charge on any atom is -0.481 e. The molecule has 1 aliphatic rings. The van der Waals surface area contributed by atoms with Crippen LogP contribution < -0.4 is 0 Å². The van der Waals surface area contributed by atoms with Crippen molar-refractivity contribution in [2.75, 3.05) is 13.1 Å². The second-order valence-corrected chi connectivity index (χ2v) is 6.47. The Bertz CT molecular complexity index is 543. The maximum atomic E-state index is 12.4. The highest BCUT2D eigenvalue weighted by atomic mass is 35.5. The molecule has 1 saturated heterocycles. The minimum atomic E-state index is -0.849. The van der Waals surface area contributed by atoms with Gasteiger partial charge in [-0.25, -0.2) is 0 Å². The minimum absolute atomic E-state index is 0.0524. The average Bonchev–Trinajstić information content (AvgIpc) is 2.93. The second-order valence-electron chi connectivity index (χ2n) is 6.04. The summed E-state index contributed by atoms with van der Waals surface area (Å²) in [5.41, 5.74) is 0.926. The highest BCUT2D eigenvalue weighted by molar-refractivity contribution is 6.30. The van der Waals surface area contributed by atoms with Gasteiger partial charge in [0.15, 0.2) is 0 Å². The van der Waals surface area contributed by atoms with E-state index in [0.29, 0.717) is 11.6 Å². The number of carboxylic acids is 1. The van der Waals surface area contributed by atoms with Crippen molar-refractivity contribution in [1.29, 1.82) is 0 Å². The Hall–Kier alpha value is -1.55. The van der Waals surface area contributed by atoms with E-state index in [1.807, 2.05) is 26.0 Å². The third-order valence-electron chi connectivity index (χ3n) is 4.39. The number of carbonyl (C=O) groups is 2. The molecular formula is C17H22ClNO3. The largest absolute Gasteiger partial charge is 0.481 e. The van der Waals surface area contributed by atoms with E-state index in [9.17, 15) is 14.7 Å². The smallest absolute Gasteiger partial charge is 0.308 e. The van der Waals surface area contributed by atoms with Crippen LogP contribution >= 0.6 is 11.6 Å². The van der Waals surface area contributed by atoms with Crippen LogP contribution in [0.1, 0.15) is 38.2 Å². The van der Waals surface area contributed by atoms with Crippen molar-refractivity contribution in [2.45, 2.75) is 32.6 Å². The third kappa shape index (κ3) is 3.61. The first-order valence-electron chi connectivity index (χ1n) is 7.71. The van der Waals surface area contributed by atoms with Crippen LogP contribution in [-0.4, -0.2) is 35.0 Å². The molecule has 0 radical (unpaired) electrons. The molecule has 1 N–H and O–H groups in total. The third-order valence-corrected chi connectivity index (χ3v) is 4.64. The number of likely N-dealkylation sites (tertiary alicyclic amines) is 1. The number of carboxylic acid groups (broad SMARTS) is 1. The normalized spacial score (nSPS) is 22.6. The lowest BCUT2D eigenvalue weighted by Crippen LogP contribution is -2.34. The fraction of sp³-hybridized carbons (Fsp3) is 0.529. The summed E-state index contributed by atoms with van der Waals surface area (Å²) < 4.78 is 0. The molecular weight excluding hydrogens is 302 g/mol. The molecule has 3 atom stereocenters. The molecule has 1 unspecified atom stereocenters. The van der Waals surface area contributed by atoms with Gasteiger partial charge in [0.1, 0.15) is 0 Å². The predicted octanol–water partition coefficient (Wildman–Crippen LogP) is 3.40. The first-order valence-corrected chi connectivity index (χ1v) is 8.08. The van der Waals surface area contributed by atoms with Crippen molar-refractivity contribution in [3.63, 3.8) is 0 Å². The van der Waals surface area contributed by atoms with E-state index < -0.39 is 11.9 Å². The van der Waals surface area contributed by atoms with Crippen molar-refractivity contribution in [1.82, 2.24) is 4.90 Å². The highest BCUT2D eigenvalue weighted by Gasteiger charge is 2.41. The van der Waals surface area contributed by atoms with Crippen LogP contribution in [0.25, 0.3) is 0 Å². The van der Waals surface area contributed by atoms with Gasteiger partial charge in [-0.2, -0.15) is 0 Å². The first kappa shape index (κ1) is 16.8. The number of rotatable bonds is 5. The van der Waals surface area contributed by atoms with E-state index in [4.69, 9.17) is 11.6 Å². The summed E-state index contributed by atoms with van der Waals surface area (Å²) in [4.78, 5) is 25.7. The van der Waals surface area contributed by atoms with Gasteiger partial charge in [-0.05, 0) is 24.1 Å². The van der Waals surface area contributed by atoms with Crippen LogP contribution in [0.5, 0.6) is 0 Å². The monoisotopic (exact) mass is 323 g/mol. The van der Waals surface area contributed by atoms with Gasteiger partial charge in [-0.1, -0.05) is 44.0 Å². The van der Waals surface area contributed by atoms with Crippen LogP contribution in [0, 0.1) is 11.8 Å². The molecule has 1 aromatic rings. The number of hydrogen-bond acceptors (Lipinski definition) is 2. The van der Waals surface area contributed by atoms with Gasteiger partial charge >= 0.3 is 5.97 Å². The Morgan fingerprint density at radius 3 is 2.50 bits per heavy atom. The van der Waals surface area contributed by atoms with Crippen LogP contribution in [0.15, 0.2) is 24.3 Å².